The number of benzene rings is 2. The number of carbonyl (C=O) groups is 1. The molecular weight excluding hydrogens is 349 g/mol. The van der Waals surface area contributed by atoms with E-state index in [9.17, 15) is 13.2 Å². The van der Waals surface area contributed by atoms with Crippen LogP contribution in [0.1, 0.15) is 15.9 Å². The molecule has 0 aliphatic heterocycles. The standard InChI is InChI=1S/C14H11Cl2NO4S/c1-8-2-4-10(15)7-12(8)17-22(20,21)13-6-9(14(18)19)3-5-11(13)16/h2-7,17H,1H3,(H,18,19). The number of aryl methyl sites for hydroxylation is 1. The Bertz CT molecular complexity index is 850. The average Bonchev–Trinajstić information content (AvgIpc) is 2.42. The van der Waals surface area contributed by atoms with E-state index in [1.807, 2.05) is 0 Å². The molecule has 0 aliphatic rings. The van der Waals surface area contributed by atoms with Gasteiger partial charge in [0.05, 0.1) is 16.3 Å². The Morgan fingerprint density at radius 2 is 1.82 bits per heavy atom. The molecule has 0 fully saturated rings. The van der Waals surface area contributed by atoms with Gasteiger partial charge < -0.3 is 5.11 Å². The molecule has 0 atom stereocenters. The SMILES string of the molecule is Cc1ccc(Cl)cc1NS(=O)(=O)c1cc(C(=O)O)ccc1Cl. The van der Waals surface area contributed by atoms with Crippen LogP contribution in [0.4, 0.5) is 5.69 Å². The van der Waals surface area contributed by atoms with E-state index in [0.29, 0.717) is 16.3 Å². The van der Waals surface area contributed by atoms with Crippen molar-refractivity contribution in [3.8, 4) is 0 Å². The maximum Gasteiger partial charge on any atom is 0.335 e. The molecule has 0 aromatic heterocycles. The summed E-state index contributed by atoms with van der Waals surface area (Å²) in [6.07, 6.45) is 0. The van der Waals surface area contributed by atoms with Gasteiger partial charge in [-0.3, -0.25) is 4.72 Å². The molecule has 2 aromatic carbocycles. The quantitative estimate of drug-likeness (QED) is 0.869. The number of carboxylic acid groups (broad SMARTS) is 1. The first-order valence-corrected chi connectivity index (χ1v) is 8.26. The van der Waals surface area contributed by atoms with Crippen molar-refractivity contribution in [2.45, 2.75) is 11.8 Å². The highest BCUT2D eigenvalue weighted by Gasteiger charge is 2.21. The number of carboxylic acids is 1. The molecule has 2 rings (SSSR count). The molecule has 0 saturated heterocycles. The monoisotopic (exact) mass is 359 g/mol. The summed E-state index contributed by atoms with van der Waals surface area (Å²) in [5.74, 6) is -1.24. The minimum Gasteiger partial charge on any atom is -0.478 e. The Kier molecular flexibility index (Phi) is 4.65. The van der Waals surface area contributed by atoms with Crippen LogP contribution < -0.4 is 4.72 Å². The lowest BCUT2D eigenvalue weighted by Crippen LogP contribution is -2.15. The lowest BCUT2D eigenvalue weighted by Gasteiger charge is -2.12. The summed E-state index contributed by atoms with van der Waals surface area (Å²) in [5, 5.41) is 9.26. The third-order valence-corrected chi connectivity index (χ3v) is 4.99. The van der Waals surface area contributed by atoms with Crippen LogP contribution in [0, 0.1) is 6.92 Å². The highest BCUT2D eigenvalue weighted by Crippen LogP contribution is 2.27. The van der Waals surface area contributed by atoms with Gasteiger partial charge in [0.15, 0.2) is 0 Å². The van der Waals surface area contributed by atoms with E-state index in [2.05, 4.69) is 4.72 Å². The number of hydrogen-bond acceptors (Lipinski definition) is 3. The molecule has 116 valence electrons. The summed E-state index contributed by atoms with van der Waals surface area (Å²) in [7, 11) is -4.04. The highest BCUT2D eigenvalue weighted by atomic mass is 35.5. The Morgan fingerprint density at radius 1 is 1.14 bits per heavy atom. The number of nitrogens with one attached hydrogen (secondary N) is 1. The van der Waals surface area contributed by atoms with Gasteiger partial charge >= 0.3 is 5.97 Å². The van der Waals surface area contributed by atoms with Crippen LogP contribution in [-0.2, 0) is 10.0 Å². The summed E-state index contributed by atoms with van der Waals surface area (Å²) in [4.78, 5) is 10.7. The second kappa shape index (κ2) is 6.16. The van der Waals surface area contributed by atoms with Gasteiger partial charge in [-0.15, -0.1) is 0 Å². The molecule has 0 bridgehead atoms. The van der Waals surface area contributed by atoms with E-state index in [1.165, 1.54) is 18.2 Å². The maximum absolute atomic E-state index is 12.4. The molecule has 0 amide bonds. The van der Waals surface area contributed by atoms with Crippen molar-refractivity contribution in [2.75, 3.05) is 4.72 Å². The van der Waals surface area contributed by atoms with E-state index in [-0.39, 0.29) is 15.5 Å². The van der Waals surface area contributed by atoms with Crippen molar-refractivity contribution in [3.05, 3.63) is 57.6 Å². The van der Waals surface area contributed by atoms with Gasteiger partial charge in [0, 0.05) is 5.02 Å². The minimum absolute atomic E-state index is 0.0721. The van der Waals surface area contributed by atoms with E-state index in [1.54, 1.807) is 19.1 Å². The fraction of sp³-hybridized carbons (Fsp3) is 0.0714. The van der Waals surface area contributed by atoms with E-state index >= 15 is 0 Å². The Hall–Kier alpha value is -1.76. The third kappa shape index (κ3) is 3.52. The molecule has 2 aromatic rings. The van der Waals surface area contributed by atoms with Gasteiger partial charge in [0.2, 0.25) is 0 Å². The van der Waals surface area contributed by atoms with Crippen LogP contribution in [0.15, 0.2) is 41.3 Å². The van der Waals surface area contributed by atoms with Crippen molar-refractivity contribution in [2.24, 2.45) is 0 Å². The number of anilines is 1. The summed E-state index contributed by atoms with van der Waals surface area (Å²) < 4.78 is 27.2. The first kappa shape index (κ1) is 16.6. The lowest BCUT2D eigenvalue weighted by molar-refractivity contribution is 0.0696. The molecule has 0 spiro atoms. The molecule has 0 saturated carbocycles. The average molecular weight is 360 g/mol. The van der Waals surface area contributed by atoms with Crippen molar-refractivity contribution in [3.63, 3.8) is 0 Å². The number of sulfonamides is 1. The molecule has 0 unspecified atom stereocenters. The largest absolute Gasteiger partial charge is 0.478 e. The highest BCUT2D eigenvalue weighted by molar-refractivity contribution is 7.92. The van der Waals surface area contributed by atoms with E-state index < -0.39 is 16.0 Å². The third-order valence-electron chi connectivity index (χ3n) is 2.91. The number of halogens is 2. The molecule has 0 radical (unpaired) electrons. The van der Waals surface area contributed by atoms with Crippen molar-refractivity contribution < 1.29 is 18.3 Å². The maximum atomic E-state index is 12.4. The van der Waals surface area contributed by atoms with Crippen LogP contribution in [0.25, 0.3) is 0 Å². The molecule has 5 nitrogen and oxygen atoms in total. The van der Waals surface area contributed by atoms with Crippen LogP contribution in [0.2, 0.25) is 10.0 Å². The second-order valence-electron chi connectivity index (χ2n) is 4.52. The van der Waals surface area contributed by atoms with Crippen molar-refractivity contribution in [1.29, 1.82) is 0 Å². The lowest BCUT2D eigenvalue weighted by atomic mass is 10.2. The number of rotatable bonds is 4. The van der Waals surface area contributed by atoms with Gasteiger partial charge in [-0.05, 0) is 42.8 Å². The molecule has 0 aliphatic carbocycles. The zero-order chi connectivity index (χ0) is 16.5. The summed E-state index contributed by atoms with van der Waals surface area (Å²) in [6, 6.07) is 8.22. The molecule has 22 heavy (non-hydrogen) atoms. The smallest absolute Gasteiger partial charge is 0.335 e. The van der Waals surface area contributed by atoms with E-state index in [4.69, 9.17) is 28.3 Å². The zero-order valence-electron chi connectivity index (χ0n) is 11.3. The molecular formula is C14H11Cl2NO4S. The van der Waals surface area contributed by atoms with Gasteiger partial charge in [-0.2, -0.15) is 0 Å². The van der Waals surface area contributed by atoms with Gasteiger partial charge in [0.1, 0.15) is 4.90 Å². The van der Waals surface area contributed by atoms with E-state index in [0.717, 1.165) is 6.07 Å². The molecule has 2 N–H and O–H groups in total. The number of aromatic carboxylic acids is 1. The van der Waals surface area contributed by atoms with Gasteiger partial charge in [0.25, 0.3) is 10.0 Å². The van der Waals surface area contributed by atoms with Crippen LogP contribution in [0.3, 0.4) is 0 Å². The Morgan fingerprint density at radius 3 is 2.45 bits per heavy atom. The number of hydrogen-bond donors (Lipinski definition) is 2. The fourth-order valence-electron chi connectivity index (χ4n) is 1.75. The van der Waals surface area contributed by atoms with Crippen LogP contribution in [0.5, 0.6) is 0 Å². The summed E-state index contributed by atoms with van der Waals surface area (Å²) in [6.45, 7) is 1.71. The predicted octanol–water partition coefficient (Wildman–Crippen LogP) is 3.80. The second-order valence-corrected chi connectivity index (χ2v) is 7.01. The summed E-state index contributed by atoms with van der Waals surface area (Å²) in [5.41, 5.74) is 0.787. The first-order chi connectivity index (χ1) is 10.2. The molecule has 8 heteroatoms. The normalized spacial score (nSPS) is 11.2. The minimum atomic E-state index is -4.04. The first-order valence-electron chi connectivity index (χ1n) is 6.02. The van der Waals surface area contributed by atoms with Crippen LogP contribution >= 0.6 is 23.2 Å². The van der Waals surface area contributed by atoms with Gasteiger partial charge in [-0.25, -0.2) is 13.2 Å². The topological polar surface area (TPSA) is 83.5 Å². The molecule has 0 heterocycles. The van der Waals surface area contributed by atoms with Crippen LogP contribution in [-0.4, -0.2) is 19.5 Å². The van der Waals surface area contributed by atoms with Crippen molar-refractivity contribution >= 4 is 44.9 Å². The summed E-state index contributed by atoms with van der Waals surface area (Å²) >= 11 is 11.7. The Balaban J connectivity index is 2.49. The van der Waals surface area contributed by atoms with Crippen molar-refractivity contribution in [1.82, 2.24) is 0 Å². The van der Waals surface area contributed by atoms with Gasteiger partial charge in [-0.1, -0.05) is 29.3 Å². The Labute approximate surface area is 137 Å². The fourth-order valence-corrected chi connectivity index (χ4v) is 3.57. The predicted molar refractivity (Wildman–Crippen MR) is 85.4 cm³/mol. The zero-order valence-corrected chi connectivity index (χ0v) is 13.6.